The van der Waals surface area contributed by atoms with Gasteiger partial charge < -0.3 is 10.1 Å². The van der Waals surface area contributed by atoms with E-state index in [2.05, 4.69) is 12.2 Å². The zero-order valence-electron chi connectivity index (χ0n) is 13.4. The number of hydrogen-bond acceptors (Lipinski definition) is 2. The summed E-state index contributed by atoms with van der Waals surface area (Å²) < 4.78 is 18.7. The summed E-state index contributed by atoms with van der Waals surface area (Å²) in [6.07, 6.45) is 8.75. The molecule has 0 unspecified atom stereocenters. The molecule has 2 nitrogen and oxygen atoms in total. The van der Waals surface area contributed by atoms with Gasteiger partial charge in [0, 0.05) is 0 Å². The Kier molecular flexibility index (Phi) is 6.04. The summed E-state index contributed by atoms with van der Waals surface area (Å²) in [5.41, 5.74) is 1.56. The van der Waals surface area contributed by atoms with Crippen LogP contribution in [0.3, 0.4) is 0 Å². The van der Waals surface area contributed by atoms with Gasteiger partial charge in [0.1, 0.15) is 0 Å². The van der Waals surface area contributed by atoms with Gasteiger partial charge in [-0.2, -0.15) is 0 Å². The third-order valence-corrected chi connectivity index (χ3v) is 4.91. The van der Waals surface area contributed by atoms with Crippen molar-refractivity contribution in [1.82, 2.24) is 5.32 Å². The fraction of sp³-hybridized carbons (Fsp3) is 0.667. The Labute approximate surface area is 128 Å². The third kappa shape index (κ3) is 4.44. The number of hydrogen-bond donors (Lipinski definition) is 1. The number of halogens is 1. The molecule has 21 heavy (non-hydrogen) atoms. The van der Waals surface area contributed by atoms with Crippen molar-refractivity contribution < 1.29 is 9.13 Å². The molecule has 118 valence electrons. The minimum absolute atomic E-state index is 0.247. The summed E-state index contributed by atoms with van der Waals surface area (Å²) in [6.45, 7) is 4.30. The lowest BCUT2D eigenvalue weighted by Gasteiger charge is -2.29. The first-order chi connectivity index (χ1) is 10.2. The standard InChI is InChI=1S/C18H28FNO/c1-3-20-13-12-18(9-4-5-10-18)11-8-15-6-7-17(21-2)16(19)14-15/h6-7,14,20H,3-5,8-13H2,1-2H3. The lowest BCUT2D eigenvalue weighted by molar-refractivity contribution is 0.246. The van der Waals surface area contributed by atoms with Crippen LogP contribution in [0.5, 0.6) is 5.75 Å². The molecule has 0 spiro atoms. The molecule has 1 fully saturated rings. The third-order valence-electron chi connectivity index (χ3n) is 4.91. The van der Waals surface area contributed by atoms with Crippen molar-refractivity contribution >= 4 is 0 Å². The van der Waals surface area contributed by atoms with Crippen molar-refractivity contribution in [2.75, 3.05) is 20.2 Å². The van der Waals surface area contributed by atoms with E-state index in [-0.39, 0.29) is 5.82 Å². The van der Waals surface area contributed by atoms with E-state index in [0.717, 1.165) is 25.1 Å². The van der Waals surface area contributed by atoms with Crippen LogP contribution in [-0.2, 0) is 6.42 Å². The van der Waals surface area contributed by atoms with Gasteiger partial charge in [0.05, 0.1) is 7.11 Å². The number of aryl methyl sites for hydroxylation is 1. The molecule has 3 heteroatoms. The smallest absolute Gasteiger partial charge is 0.165 e. The molecule has 1 aliphatic carbocycles. The van der Waals surface area contributed by atoms with Crippen LogP contribution in [0.15, 0.2) is 18.2 Å². The van der Waals surface area contributed by atoms with E-state index < -0.39 is 0 Å². The Morgan fingerprint density at radius 3 is 2.62 bits per heavy atom. The molecule has 0 radical (unpaired) electrons. The molecular formula is C18H28FNO. The predicted molar refractivity (Wildman–Crippen MR) is 85.3 cm³/mol. The van der Waals surface area contributed by atoms with Gasteiger partial charge in [-0.15, -0.1) is 0 Å². The second-order valence-electron chi connectivity index (χ2n) is 6.28. The van der Waals surface area contributed by atoms with Crippen molar-refractivity contribution in [2.24, 2.45) is 5.41 Å². The molecule has 0 bridgehead atoms. The fourth-order valence-electron chi connectivity index (χ4n) is 3.56. The number of benzene rings is 1. The van der Waals surface area contributed by atoms with Gasteiger partial charge >= 0.3 is 0 Å². The van der Waals surface area contributed by atoms with Crippen LogP contribution in [0.4, 0.5) is 4.39 Å². The van der Waals surface area contributed by atoms with Crippen molar-refractivity contribution in [3.8, 4) is 5.75 Å². The highest BCUT2D eigenvalue weighted by Crippen LogP contribution is 2.44. The maximum Gasteiger partial charge on any atom is 0.165 e. The number of ether oxygens (including phenoxy) is 1. The highest BCUT2D eigenvalue weighted by molar-refractivity contribution is 5.29. The molecule has 0 aromatic heterocycles. The van der Waals surface area contributed by atoms with Crippen LogP contribution in [0, 0.1) is 11.2 Å². The zero-order chi connectivity index (χ0) is 15.1. The topological polar surface area (TPSA) is 21.3 Å². The van der Waals surface area contributed by atoms with Crippen LogP contribution >= 0.6 is 0 Å². The molecule has 1 aliphatic rings. The van der Waals surface area contributed by atoms with E-state index >= 15 is 0 Å². The Hall–Kier alpha value is -1.09. The van der Waals surface area contributed by atoms with E-state index in [1.807, 2.05) is 6.07 Å². The fourth-order valence-corrected chi connectivity index (χ4v) is 3.56. The van der Waals surface area contributed by atoms with Gasteiger partial charge in [0.25, 0.3) is 0 Å². The number of nitrogens with one attached hydrogen (secondary N) is 1. The minimum Gasteiger partial charge on any atom is -0.494 e. The van der Waals surface area contributed by atoms with E-state index in [4.69, 9.17) is 4.74 Å². The van der Waals surface area contributed by atoms with Gasteiger partial charge in [-0.25, -0.2) is 4.39 Å². The molecule has 0 aliphatic heterocycles. The minimum atomic E-state index is -0.247. The van der Waals surface area contributed by atoms with Gasteiger partial charge in [0.15, 0.2) is 11.6 Å². The molecule has 0 atom stereocenters. The molecule has 2 rings (SSSR count). The van der Waals surface area contributed by atoms with Crippen molar-refractivity contribution in [3.63, 3.8) is 0 Å². The SMILES string of the molecule is CCNCCC1(CCc2ccc(OC)c(F)c2)CCCC1. The number of rotatable bonds is 8. The van der Waals surface area contributed by atoms with Crippen LogP contribution in [0.1, 0.15) is 51.0 Å². The monoisotopic (exact) mass is 293 g/mol. The Morgan fingerprint density at radius 2 is 2.00 bits per heavy atom. The van der Waals surface area contributed by atoms with E-state index in [1.165, 1.54) is 45.6 Å². The largest absolute Gasteiger partial charge is 0.494 e. The average molecular weight is 293 g/mol. The van der Waals surface area contributed by atoms with Gasteiger partial charge in [-0.05, 0) is 68.3 Å². The van der Waals surface area contributed by atoms with E-state index in [0.29, 0.717) is 11.2 Å². The first-order valence-electron chi connectivity index (χ1n) is 8.22. The molecule has 1 aromatic carbocycles. The predicted octanol–water partition coefficient (Wildman–Crippen LogP) is 4.33. The molecular weight excluding hydrogens is 265 g/mol. The summed E-state index contributed by atoms with van der Waals surface area (Å²) in [5.74, 6) is 0.0876. The normalized spacial score (nSPS) is 17.1. The molecule has 1 aromatic rings. The highest BCUT2D eigenvalue weighted by Gasteiger charge is 2.32. The summed E-state index contributed by atoms with van der Waals surface area (Å²) in [6, 6.07) is 5.37. The molecule has 0 heterocycles. The van der Waals surface area contributed by atoms with Gasteiger partial charge in [-0.1, -0.05) is 25.8 Å². The quantitative estimate of drug-likeness (QED) is 0.720. The van der Waals surface area contributed by atoms with Gasteiger partial charge in [0.2, 0.25) is 0 Å². The van der Waals surface area contributed by atoms with Crippen LogP contribution in [0.25, 0.3) is 0 Å². The summed E-state index contributed by atoms with van der Waals surface area (Å²) in [5, 5.41) is 3.45. The lowest BCUT2D eigenvalue weighted by Crippen LogP contribution is -2.25. The van der Waals surface area contributed by atoms with E-state index in [1.54, 1.807) is 12.1 Å². The van der Waals surface area contributed by atoms with Crippen molar-refractivity contribution in [3.05, 3.63) is 29.6 Å². The molecule has 0 saturated heterocycles. The molecule has 0 amide bonds. The molecule has 1 saturated carbocycles. The second-order valence-corrected chi connectivity index (χ2v) is 6.28. The summed E-state index contributed by atoms with van der Waals surface area (Å²) in [7, 11) is 1.51. The number of methoxy groups -OCH3 is 1. The first-order valence-corrected chi connectivity index (χ1v) is 8.22. The lowest BCUT2D eigenvalue weighted by atomic mass is 9.77. The van der Waals surface area contributed by atoms with Gasteiger partial charge in [-0.3, -0.25) is 0 Å². The van der Waals surface area contributed by atoms with Crippen molar-refractivity contribution in [1.29, 1.82) is 0 Å². The van der Waals surface area contributed by atoms with Crippen molar-refractivity contribution in [2.45, 2.75) is 51.9 Å². The second kappa shape index (κ2) is 7.79. The molecule has 1 N–H and O–H groups in total. The van der Waals surface area contributed by atoms with Crippen LogP contribution < -0.4 is 10.1 Å². The maximum atomic E-state index is 13.8. The Bertz CT molecular complexity index is 441. The maximum absolute atomic E-state index is 13.8. The Morgan fingerprint density at radius 1 is 1.24 bits per heavy atom. The summed E-state index contributed by atoms with van der Waals surface area (Å²) in [4.78, 5) is 0. The van der Waals surface area contributed by atoms with Crippen LogP contribution in [0.2, 0.25) is 0 Å². The first kappa shape index (κ1) is 16.3. The highest BCUT2D eigenvalue weighted by atomic mass is 19.1. The zero-order valence-corrected chi connectivity index (χ0v) is 13.4. The summed E-state index contributed by atoms with van der Waals surface area (Å²) >= 11 is 0. The van der Waals surface area contributed by atoms with Crippen LogP contribution in [-0.4, -0.2) is 20.2 Å². The van der Waals surface area contributed by atoms with E-state index in [9.17, 15) is 4.39 Å². The Balaban J connectivity index is 1.93. The average Bonchev–Trinajstić information content (AvgIpc) is 2.95.